The molecule has 1 aromatic rings. The zero-order valence-corrected chi connectivity index (χ0v) is 10.4. The molecule has 17 heavy (non-hydrogen) atoms. The lowest BCUT2D eigenvalue weighted by molar-refractivity contribution is 0.384. The zero-order valence-electron chi connectivity index (χ0n) is 9.46. The summed E-state index contributed by atoms with van der Waals surface area (Å²) in [5.41, 5.74) is 0. The molecule has 96 valence electrons. The van der Waals surface area contributed by atoms with Gasteiger partial charge in [0.1, 0.15) is 0 Å². The Balaban J connectivity index is 3.41. The van der Waals surface area contributed by atoms with Gasteiger partial charge in [-0.25, -0.2) is 22.0 Å². The van der Waals surface area contributed by atoms with Gasteiger partial charge in [0.25, 0.3) is 0 Å². The minimum atomic E-state index is -2.09. The maximum Gasteiger partial charge on any atom is 0.200 e. The molecule has 0 aliphatic rings. The van der Waals surface area contributed by atoms with Crippen molar-refractivity contribution in [2.24, 2.45) is 0 Å². The van der Waals surface area contributed by atoms with Crippen molar-refractivity contribution in [3.8, 4) is 0 Å². The minimum absolute atomic E-state index is 0.390. The zero-order chi connectivity index (χ0) is 13.2. The molecular formula is C11H12F5P. The summed E-state index contributed by atoms with van der Waals surface area (Å²) in [4.78, 5) is 0. The van der Waals surface area contributed by atoms with Crippen molar-refractivity contribution in [1.29, 1.82) is 0 Å². The third-order valence-corrected chi connectivity index (χ3v) is 5.15. The highest BCUT2D eigenvalue weighted by Gasteiger charge is 2.29. The van der Waals surface area contributed by atoms with Crippen LogP contribution in [0, 0.1) is 29.1 Å². The van der Waals surface area contributed by atoms with Crippen LogP contribution in [0.3, 0.4) is 0 Å². The first kappa shape index (κ1) is 14.4. The van der Waals surface area contributed by atoms with E-state index in [0.29, 0.717) is 18.7 Å². The molecule has 1 unspecified atom stereocenters. The van der Waals surface area contributed by atoms with Crippen molar-refractivity contribution in [3.63, 3.8) is 0 Å². The summed E-state index contributed by atoms with van der Waals surface area (Å²) >= 11 is 0. The summed E-state index contributed by atoms with van der Waals surface area (Å²) in [5.74, 6) is -9.15. The Bertz CT molecular complexity index is 390. The first-order chi connectivity index (χ1) is 7.95. The Kier molecular flexibility index (Phi) is 4.87. The van der Waals surface area contributed by atoms with Gasteiger partial charge in [-0.1, -0.05) is 28.2 Å². The summed E-state index contributed by atoms with van der Waals surface area (Å²) < 4.78 is 65.7. The van der Waals surface area contributed by atoms with E-state index in [1.165, 1.54) is 0 Å². The van der Waals surface area contributed by atoms with Gasteiger partial charge in [0, 0.05) is 0 Å². The van der Waals surface area contributed by atoms with Crippen LogP contribution in [0.2, 0.25) is 0 Å². The lowest BCUT2D eigenvalue weighted by atomic mass is 10.3. The van der Waals surface area contributed by atoms with Crippen LogP contribution in [-0.4, -0.2) is 12.3 Å². The number of halogens is 5. The number of benzene rings is 1. The molecule has 1 atom stereocenters. The van der Waals surface area contributed by atoms with Crippen molar-refractivity contribution >= 4 is 13.2 Å². The maximum absolute atomic E-state index is 13.5. The van der Waals surface area contributed by atoms with Gasteiger partial charge in [0.05, 0.1) is 5.30 Å². The normalized spacial score (nSPS) is 12.9. The Morgan fingerprint density at radius 3 is 1.53 bits per heavy atom. The van der Waals surface area contributed by atoms with E-state index in [4.69, 9.17) is 0 Å². The highest BCUT2D eigenvalue weighted by molar-refractivity contribution is 7.65. The first-order valence-corrected chi connectivity index (χ1v) is 6.93. The largest absolute Gasteiger partial charge is 0.203 e. The van der Waals surface area contributed by atoms with E-state index in [9.17, 15) is 22.0 Å². The number of hydrogen-bond donors (Lipinski definition) is 0. The molecule has 0 fully saturated rings. The average molecular weight is 270 g/mol. The fourth-order valence-corrected chi connectivity index (χ4v) is 3.72. The van der Waals surface area contributed by atoms with Gasteiger partial charge in [-0.15, -0.1) is 0 Å². The summed E-state index contributed by atoms with van der Waals surface area (Å²) in [6.07, 6.45) is 1.48. The van der Waals surface area contributed by atoms with Crippen molar-refractivity contribution in [3.05, 3.63) is 29.1 Å². The van der Waals surface area contributed by atoms with E-state index in [2.05, 4.69) is 0 Å². The second-order valence-electron chi connectivity index (χ2n) is 3.50. The second-order valence-corrected chi connectivity index (χ2v) is 6.10. The SMILES string of the molecule is CCCP(CC)c1c(F)c(F)c(F)c(F)c1F. The molecule has 0 heterocycles. The predicted octanol–water partition coefficient (Wildman–Crippen LogP) is 3.92. The molecule has 0 N–H and O–H groups in total. The molecule has 0 bridgehead atoms. The van der Waals surface area contributed by atoms with E-state index in [1.54, 1.807) is 13.8 Å². The van der Waals surface area contributed by atoms with E-state index in [1.807, 2.05) is 0 Å². The molecule has 0 saturated carbocycles. The van der Waals surface area contributed by atoms with Gasteiger partial charge in [-0.05, 0) is 12.3 Å². The van der Waals surface area contributed by atoms with Crippen LogP contribution in [0.1, 0.15) is 20.3 Å². The van der Waals surface area contributed by atoms with Crippen molar-refractivity contribution < 1.29 is 22.0 Å². The van der Waals surface area contributed by atoms with Gasteiger partial charge in [0.15, 0.2) is 23.3 Å². The molecule has 0 aliphatic heterocycles. The third-order valence-electron chi connectivity index (χ3n) is 2.38. The standard InChI is InChI=1S/C11H12F5P/c1-3-5-17(4-2)11-9(15)7(13)6(12)8(14)10(11)16/h3-5H2,1-2H3. The fraction of sp³-hybridized carbons (Fsp3) is 0.455. The van der Waals surface area contributed by atoms with Crippen LogP contribution < -0.4 is 5.30 Å². The van der Waals surface area contributed by atoms with E-state index in [0.717, 1.165) is 0 Å². The Labute approximate surface area is 97.6 Å². The molecule has 0 radical (unpaired) electrons. The molecule has 0 aliphatic carbocycles. The summed E-state index contributed by atoms with van der Waals surface area (Å²) in [6.45, 7) is 3.48. The van der Waals surface area contributed by atoms with Crippen LogP contribution in [0.25, 0.3) is 0 Å². The Hall–Kier alpha value is -0.700. The smallest absolute Gasteiger partial charge is 0.200 e. The quantitative estimate of drug-likeness (QED) is 0.337. The summed E-state index contributed by atoms with van der Waals surface area (Å²) in [6, 6.07) is 0. The molecule has 0 nitrogen and oxygen atoms in total. The lowest BCUT2D eigenvalue weighted by Crippen LogP contribution is -2.21. The van der Waals surface area contributed by atoms with Crippen LogP contribution in [0.4, 0.5) is 22.0 Å². The summed E-state index contributed by atoms with van der Waals surface area (Å²) in [7, 11) is -1.34. The Morgan fingerprint density at radius 2 is 1.18 bits per heavy atom. The molecule has 6 heteroatoms. The third kappa shape index (κ3) is 2.59. The van der Waals surface area contributed by atoms with Gasteiger partial charge in [-0.2, -0.15) is 0 Å². The van der Waals surface area contributed by atoms with Gasteiger partial charge >= 0.3 is 0 Å². The molecule has 1 aromatic carbocycles. The van der Waals surface area contributed by atoms with Crippen LogP contribution >= 0.6 is 7.92 Å². The highest BCUT2D eigenvalue weighted by atomic mass is 31.1. The van der Waals surface area contributed by atoms with E-state index >= 15 is 0 Å². The lowest BCUT2D eigenvalue weighted by Gasteiger charge is -2.17. The molecular weight excluding hydrogens is 258 g/mol. The molecule has 1 rings (SSSR count). The van der Waals surface area contributed by atoms with E-state index < -0.39 is 42.3 Å². The first-order valence-electron chi connectivity index (χ1n) is 5.22. The average Bonchev–Trinajstić information content (AvgIpc) is 2.33. The van der Waals surface area contributed by atoms with Crippen LogP contribution in [0.5, 0.6) is 0 Å². The summed E-state index contributed by atoms with van der Waals surface area (Å²) in [5, 5.41) is -0.624. The fourth-order valence-electron chi connectivity index (χ4n) is 1.57. The van der Waals surface area contributed by atoms with Crippen molar-refractivity contribution in [2.75, 3.05) is 12.3 Å². The number of hydrogen-bond acceptors (Lipinski definition) is 0. The van der Waals surface area contributed by atoms with E-state index in [-0.39, 0.29) is 0 Å². The maximum atomic E-state index is 13.5. The topological polar surface area (TPSA) is 0 Å². The Morgan fingerprint density at radius 1 is 0.765 bits per heavy atom. The van der Waals surface area contributed by atoms with Crippen molar-refractivity contribution in [1.82, 2.24) is 0 Å². The predicted molar refractivity (Wildman–Crippen MR) is 58.5 cm³/mol. The van der Waals surface area contributed by atoms with Gasteiger partial charge < -0.3 is 0 Å². The number of rotatable bonds is 4. The monoisotopic (exact) mass is 270 g/mol. The van der Waals surface area contributed by atoms with Crippen LogP contribution in [0.15, 0.2) is 0 Å². The highest BCUT2D eigenvalue weighted by Crippen LogP contribution is 2.38. The molecule has 0 spiro atoms. The molecule has 0 aromatic heterocycles. The van der Waals surface area contributed by atoms with Gasteiger partial charge in [-0.3, -0.25) is 0 Å². The molecule has 0 amide bonds. The molecule has 0 saturated heterocycles. The minimum Gasteiger partial charge on any atom is -0.203 e. The second kappa shape index (κ2) is 5.76. The van der Waals surface area contributed by atoms with Gasteiger partial charge in [0.2, 0.25) is 5.82 Å². The van der Waals surface area contributed by atoms with Crippen LogP contribution in [-0.2, 0) is 0 Å². The van der Waals surface area contributed by atoms with Crippen molar-refractivity contribution in [2.45, 2.75) is 20.3 Å².